The first-order valence-electron chi connectivity index (χ1n) is 8.57. The first kappa shape index (κ1) is 17.5. The van der Waals surface area contributed by atoms with Crippen LogP contribution in [0.15, 0.2) is 78.9 Å². The number of carbonyl (C=O) groups is 1. The molecule has 2 N–H and O–H groups in total. The average Bonchev–Trinajstić information content (AvgIpc) is 2.68. The van der Waals surface area contributed by atoms with E-state index < -0.39 is 0 Å². The molecule has 3 rings (SSSR count). The van der Waals surface area contributed by atoms with Crippen LogP contribution in [0.3, 0.4) is 0 Å². The number of hydrogen-bond donors (Lipinski definition) is 2. The molecule has 4 heteroatoms. The second kappa shape index (κ2) is 8.72. The zero-order valence-electron chi connectivity index (χ0n) is 14.7. The summed E-state index contributed by atoms with van der Waals surface area (Å²) in [6, 6.07) is 25.2. The van der Waals surface area contributed by atoms with Crippen LogP contribution in [0.2, 0.25) is 0 Å². The fraction of sp³-hybridized carbons (Fsp3) is 0.136. The Hall–Kier alpha value is -3.27. The van der Waals surface area contributed by atoms with Crippen molar-refractivity contribution in [2.24, 2.45) is 0 Å². The normalized spacial score (nSPS) is 10.2. The minimum atomic E-state index is -0.186. The van der Waals surface area contributed by atoms with Crippen LogP contribution in [0.25, 0.3) is 0 Å². The highest BCUT2D eigenvalue weighted by Crippen LogP contribution is 2.16. The van der Waals surface area contributed by atoms with Crippen molar-refractivity contribution in [2.75, 3.05) is 17.2 Å². The van der Waals surface area contributed by atoms with Crippen molar-refractivity contribution in [3.05, 3.63) is 90.0 Å². The fourth-order valence-electron chi connectivity index (χ4n) is 2.54. The maximum Gasteiger partial charge on any atom is 0.262 e. The number of aryl methyl sites for hydroxylation is 1. The Labute approximate surface area is 153 Å². The van der Waals surface area contributed by atoms with E-state index in [1.54, 1.807) is 0 Å². The number of rotatable bonds is 7. The van der Waals surface area contributed by atoms with Crippen LogP contribution >= 0.6 is 0 Å². The van der Waals surface area contributed by atoms with Gasteiger partial charge in [0.25, 0.3) is 5.91 Å². The van der Waals surface area contributed by atoms with Crippen molar-refractivity contribution < 1.29 is 9.53 Å². The molecule has 3 aromatic carbocycles. The van der Waals surface area contributed by atoms with E-state index in [0.717, 1.165) is 17.9 Å². The molecule has 0 aliphatic heterocycles. The SMILES string of the molecule is Cc1ccccc1CNc1ccc(NC(=O)COc2ccccc2)cc1. The standard InChI is InChI=1S/C22H22N2O2/c1-17-7-5-6-8-18(17)15-23-19-11-13-20(14-12-19)24-22(25)16-26-21-9-3-2-4-10-21/h2-14,23H,15-16H2,1H3,(H,24,25). The van der Waals surface area contributed by atoms with E-state index in [2.05, 4.69) is 29.7 Å². The molecule has 1 amide bonds. The second-order valence-electron chi connectivity index (χ2n) is 6.01. The number of para-hydroxylation sites is 1. The molecule has 0 saturated heterocycles. The lowest BCUT2D eigenvalue weighted by Gasteiger charge is -2.10. The Balaban J connectivity index is 1.48. The van der Waals surface area contributed by atoms with Crippen LogP contribution in [0.4, 0.5) is 11.4 Å². The predicted molar refractivity (Wildman–Crippen MR) is 106 cm³/mol. The highest BCUT2D eigenvalue weighted by atomic mass is 16.5. The van der Waals surface area contributed by atoms with Crippen LogP contribution in [0.5, 0.6) is 5.75 Å². The minimum absolute atomic E-state index is 0.0166. The van der Waals surface area contributed by atoms with Gasteiger partial charge in [0.1, 0.15) is 5.75 Å². The first-order valence-corrected chi connectivity index (χ1v) is 8.57. The Morgan fingerprint density at radius 1 is 0.846 bits per heavy atom. The molecule has 0 saturated carbocycles. The number of ether oxygens (including phenoxy) is 1. The Morgan fingerprint density at radius 2 is 1.50 bits per heavy atom. The number of nitrogens with one attached hydrogen (secondary N) is 2. The molecule has 0 atom stereocenters. The number of carbonyl (C=O) groups excluding carboxylic acids is 1. The van der Waals surface area contributed by atoms with Gasteiger partial charge in [-0.15, -0.1) is 0 Å². The monoisotopic (exact) mass is 346 g/mol. The van der Waals surface area contributed by atoms with Gasteiger partial charge in [-0.05, 0) is 54.4 Å². The van der Waals surface area contributed by atoms with Crippen molar-refractivity contribution in [3.63, 3.8) is 0 Å². The van der Waals surface area contributed by atoms with Crippen molar-refractivity contribution in [1.82, 2.24) is 0 Å². The van der Waals surface area contributed by atoms with Gasteiger partial charge >= 0.3 is 0 Å². The molecule has 0 radical (unpaired) electrons. The topological polar surface area (TPSA) is 50.4 Å². The van der Waals surface area contributed by atoms with Gasteiger partial charge in [0.05, 0.1) is 0 Å². The largest absolute Gasteiger partial charge is 0.484 e. The van der Waals surface area contributed by atoms with Crippen molar-refractivity contribution in [1.29, 1.82) is 0 Å². The van der Waals surface area contributed by atoms with Gasteiger partial charge in [0.15, 0.2) is 6.61 Å². The number of benzene rings is 3. The Bertz CT molecular complexity index is 846. The van der Waals surface area contributed by atoms with Crippen LogP contribution in [-0.4, -0.2) is 12.5 Å². The number of hydrogen-bond acceptors (Lipinski definition) is 3. The average molecular weight is 346 g/mol. The molecular formula is C22H22N2O2. The van der Waals surface area contributed by atoms with Gasteiger partial charge in [-0.25, -0.2) is 0 Å². The lowest BCUT2D eigenvalue weighted by Crippen LogP contribution is -2.20. The first-order chi connectivity index (χ1) is 12.7. The van der Waals surface area contributed by atoms with Gasteiger partial charge in [-0.1, -0.05) is 42.5 Å². The molecular weight excluding hydrogens is 324 g/mol. The molecule has 0 spiro atoms. The van der Waals surface area contributed by atoms with Crippen LogP contribution in [0, 0.1) is 6.92 Å². The fourth-order valence-corrected chi connectivity index (χ4v) is 2.54. The zero-order valence-corrected chi connectivity index (χ0v) is 14.7. The third kappa shape index (κ3) is 5.11. The number of anilines is 2. The molecule has 0 aliphatic carbocycles. The Kier molecular flexibility index (Phi) is 5.88. The third-order valence-electron chi connectivity index (χ3n) is 4.03. The molecule has 0 aromatic heterocycles. The summed E-state index contributed by atoms with van der Waals surface area (Å²) >= 11 is 0. The summed E-state index contributed by atoms with van der Waals surface area (Å²) < 4.78 is 5.44. The van der Waals surface area contributed by atoms with Crippen LogP contribution in [-0.2, 0) is 11.3 Å². The van der Waals surface area contributed by atoms with Gasteiger partial charge in [0, 0.05) is 17.9 Å². The highest BCUT2D eigenvalue weighted by Gasteiger charge is 2.04. The minimum Gasteiger partial charge on any atom is -0.484 e. The van der Waals surface area contributed by atoms with E-state index >= 15 is 0 Å². The maximum atomic E-state index is 12.0. The molecule has 0 aliphatic rings. The predicted octanol–water partition coefficient (Wildman–Crippen LogP) is 4.62. The molecule has 0 unspecified atom stereocenters. The van der Waals surface area contributed by atoms with Gasteiger partial charge < -0.3 is 15.4 Å². The summed E-state index contributed by atoms with van der Waals surface area (Å²) in [5.41, 5.74) is 4.28. The third-order valence-corrected chi connectivity index (χ3v) is 4.03. The highest BCUT2D eigenvalue weighted by molar-refractivity contribution is 5.92. The lowest BCUT2D eigenvalue weighted by atomic mass is 10.1. The molecule has 0 heterocycles. The summed E-state index contributed by atoms with van der Waals surface area (Å²) in [5, 5.41) is 6.22. The molecule has 4 nitrogen and oxygen atoms in total. The van der Waals surface area contributed by atoms with Gasteiger partial charge in [-0.3, -0.25) is 4.79 Å². The smallest absolute Gasteiger partial charge is 0.262 e. The molecule has 26 heavy (non-hydrogen) atoms. The van der Waals surface area contributed by atoms with Crippen LogP contribution < -0.4 is 15.4 Å². The summed E-state index contributed by atoms with van der Waals surface area (Å²) in [5.74, 6) is 0.493. The molecule has 132 valence electrons. The summed E-state index contributed by atoms with van der Waals surface area (Å²) in [4.78, 5) is 12.0. The van der Waals surface area contributed by atoms with Gasteiger partial charge in [-0.2, -0.15) is 0 Å². The molecule has 0 fully saturated rings. The quantitative estimate of drug-likeness (QED) is 0.656. The van der Waals surface area contributed by atoms with Crippen molar-refractivity contribution in [3.8, 4) is 5.75 Å². The van der Waals surface area contributed by atoms with E-state index in [9.17, 15) is 4.79 Å². The van der Waals surface area contributed by atoms with Gasteiger partial charge in [0.2, 0.25) is 0 Å². The van der Waals surface area contributed by atoms with E-state index in [4.69, 9.17) is 4.74 Å². The maximum absolute atomic E-state index is 12.0. The van der Waals surface area contributed by atoms with E-state index in [0.29, 0.717) is 5.75 Å². The second-order valence-corrected chi connectivity index (χ2v) is 6.01. The number of amides is 1. The summed E-state index contributed by atoms with van der Waals surface area (Å²) in [6.07, 6.45) is 0. The van der Waals surface area contributed by atoms with Crippen molar-refractivity contribution in [2.45, 2.75) is 13.5 Å². The lowest BCUT2D eigenvalue weighted by molar-refractivity contribution is -0.118. The summed E-state index contributed by atoms with van der Waals surface area (Å²) in [7, 11) is 0. The molecule has 3 aromatic rings. The van der Waals surface area contributed by atoms with Crippen molar-refractivity contribution >= 4 is 17.3 Å². The molecule has 0 bridgehead atoms. The van der Waals surface area contributed by atoms with Crippen LogP contribution in [0.1, 0.15) is 11.1 Å². The Morgan fingerprint density at radius 3 is 2.23 bits per heavy atom. The zero-order chi connectivity index (χ0) is 18.2. The van der Waals surface area contributed by atoms with E-state index in [1.807, 2.05) is 66.7 Å². The van der Waals surface area contributed by atoms with E-state index in [1.165, 1.54) is 11.1 Å². The summed E-state index contributed by atoms with van der Waals surface area (Å²) in [6.45, 7) is 2.85. The van der Waals surface area contributed by atoms with E-state index in [-0.39, 0.29) is 12.5 Å².